The van der Waals surface area contributed by atoms with Crippen LogP contribution in [0.4, 0.5) is 5.69 Å². The number of rotatable bonds is 5. The Bertz CT molecular complexity index is 468. The molecule has 0 bridgehead atoms. The molecule has 1 aromatic rings. The van der Waals surface area contributed by atoms with Crippen molar-refractivity contribution in [3.63, 3.8) is 0 Å². The zero-order valence-corrected chi connectivity index (χ0v) is 15.1. The first kappa shape index (κ1) is 19.7. The summed E-state index contributed by atoms with van der Waals surface area (Å²) >= 11 is 0. The Hall–Kier alpha value is -1.39. The Labute approximate surface area is 140 Å². The summed E-state index contributed by atoms with van der Waals surface area (Å²) in [4.78, 5) is 15.1. The van der Waals surface area contributed by atoms with Gasteiger partial charge in [-0.25, -0.2) is 0 Å². The molecule has 0 aromatic heterocycles. The van der Waals surface area contributed by atoms with Crippen LogP contribution < -0.4 is 5.32 Å². The van der Waals surface area contributed by atoms with E-state index in [4.69, 9.17) is 5.11 Å². The van der Waals surface area contributed by atoms with E-state index in [0.717, 1.165) is 49.9 Å². The third kappa shape index (κ3) is 5.63. The molecule has 4 heteroatoms. The van der Waals surface area contributed by atoms with E-state index in [-0.39, 0.29) is 11.9 Å². The molecular weight excluding hydrogens is 288 g/mol. The molecule has 0 saturated carbocycles. The Morgan fingerprint density at radius 2 is 1.91 bits per heavy atom. The van der Waals surface area contributed by atoms with Gasteiger partial charge in [0.25, 0.3) is 0 Å². The molecule has 2 N–H and O–H groups in total. The first-order valence-corrected chi connectivity index (χ1v) is 8.69. The Morgan fingerprint density at radius 1 is 1.26 bits per heavy atom. The van der Waals surface area contributed by atoms with Crippen molar-refractivity contribution >= 4 is 11.6 Å². The molecule has 130 valence electrons. The molecule has 2 rings (SSSR count). The lowest BCUT2D eigenvalue weighted by Gasteiger charge is -2.34. The number of carbonyl (C=O) groups is 1. The molecule has 1 aliphatic heterocycles. The molecular formula is C19H32N2O2. The van der Waals surface area contributed by atoms with E-state index in [9.17, 15) is 4.79 Å². The second kappa shape index (κ2) is 10.4. The highest BCUT2D eigenvalue weighted by atomic mass is 16.2. The number of unbranched alkanes of at least 4 members (excludes halogenated alkanes) is 1. The van der Waals surface area contributed by atoms with Gasteiger partial charge in [-0.2, -0.15) is 0 Å². The number of hydrogen-bond acceptors (Lipinski definition) is 3. The fourth-order valence-electron chi connectivity index (χ4n) is 3.13. The number of hydrogen-bond donors (Lipinski definition) is 2. The molecule has 0 spiro atoms. The summed E-state index contributed by atoms with van der Waals surface area (Å²) in [6, 6.07) is 6.19. The van der Waals surface area contributed by atoms with E-state index in [1.54, 1.807) is 0 Å². The van der Waals surface area contributed by atoms with Gasteiger partial charge in [0.1, 0.15) is 0 Å². The maximum atomic E-state index is 12.7. The van der Waals surface area contributed by atoms with Crippen LogP contribution in [0, 0.1) is 13.8 Å². The number of anilines is 1. The molecule has 0 unspecified atom stereocenters. The molecule has 4 nitrogen and oxygen atoms in total. The lowest BCUT2D eigenvalue weighted by atomic mass is 10.00. The van der Waals surface area contributed by atoms with Crippen LogP contribution in [0.25, 0.3) is 0 Å². The van der Waals surface area contributed by atoms with Crippen LogP contribution in [0.2, 0.25) is 0 Å². The molecule has 1 saturated heterocycles. The Balaban J connectivity index is 0.00000127. The van der Waals surface area contributed by atoms with Crippen LogP contribution in [0.15, 0.2) is 18.2 Å². The van der Waals surface area contributed by atoms with Crippen molar-refractivity contribution in [2.45, 2.75) is 58.9 Å². The molecule has 1 amide bonds. The number of para-hydroxylation sites is 1. The second-order valence-electron chi connectivity index (χ2n) is 6.16. The minimum Gasteiger partial charge on any atom is -0.400 e. The number of nitrogens with one attached hydrogen (secondary N) is 1. The van der Waals surface area contributed by atoms with Gasteiger partial charge in [-0.05, 0) is 57.3 Å². The number of nitrogens with zero attached hydrogens (tertiary/aromatic N) is 1. The van der Waals surface area contributed by atoms with Crippen LogP contribution in [-0.4, -0.2) is 42.2 Å². The summed E-state index contributed by atoms with van der Waals surface area (Å²) < 4.78 is 0. The van der Waals surface area contributed by atoms with Gasteiger partial charge in [0, 0.05) is 12.8 Å². The lowest BCUT2D eigenvalue weighted by Crippen LogP contribution is -2.47. The summed E-state index contributed by atoms with van der Waals surface area (Å²) in [5.74, 6) is 0.170. The third-order valence-electron chi connectivity index (χ3n) is 4.44. The monoisotopic (exact) mass is 320 g/mol. The predicted molar refractivity (Wildman–Crippen MR) is 96.8 cm³/mol. The van der Waals surface area contributed by atoms with Gasteiger partial charge in [0.15, 0.2) is 0 Å². The van der Waals surface area contributed by atoms with Crippen LogP contribution >= 0.6 is 0 Å². The zero-order chi connectivity index (χ0) is 17.2. The molecule has 1 heterocycles. The van der Waals surface area contributed by atoms with Crippen molar-refractivity contribution in [3.8, 4) is 0 Å². The highest BCUT2D eigenvalue weighted by Crippen LogP contribution is 2.23. The van der Waals surface area contributed by atoms with Crippen molar-refractivity contribution in [2.75, 3.05) is 25.5 Å². The minimum absolute atomic E-state index is 0.0457. The van der Waals surface area contributed by atoms with E-state index in [2.05, 4.69) is 43.1 Å². The van der Waals surface area contributed by atoms with Crippen LogP contribution in [0.1, 0.15) is 50.2 Å². The molecule has 0 aliphatic carbocycles. The predicted octanol–water partition coefficient (Wildman–Crippen LogP) is 3.51. The molecule has 23 heavy (non-hydrogen) atoms. The van der Waals surface area contributed by atoms with Crippen molar-refractivity contribution in [3.05, 3.63) is 29.3 Å². The topological polar surface area (TPSA) is 52.6 Å². The van der Waals surface area contributed by atoms with Crippen molar-refractivity contribution < 1.29 is 9.90 Å². The Kier molecular flexibility index (Phi) is 8.89. The minimum atomic E-state index is 0.0457. The summed E-state index contributed by atoms with van der Waals surface area (Å²) in [6.07, 6.45) is 5.72. The van der Waals surface area contributed by atoms with Gasteiger partial charge < -0.3 is 10.4 Å². The number of aliphatic hydroxyl groups excluding tert-OH is 1. The van der Waals surface area contributed by atoms with E-state index < -0.39 is 0 Å². The van der Waals surface area contributed by atoms with E-state index in [1.165, 1.54) is 19.3 Å². The summed E-state index contributed by atoms with van der Waals surface area (Å²) in [5, 5.41) is 10.2. The molecule has 1 aromatic carbocycles. The average Bonchev–Trinajstić information content (AvgIpc) is 2.58. The maximum absolute atomic E-state index is 12.7. The van der Waals surface area contributed by atoms with Crippen molar-refractivity contribution in [1.29, 1.82) is 0 Å². The number of likely N-dealkylation sites (tertiary alicyclic amines) is 1. The van der Waals surface area contributed by atoms with Gasteiger partial charge in [-0.3, -0.25) is 9.69 Å². The van der Waals surface area contributed by atoms with E-state index >= 15 is 0 Å². The number of piperidine rings is 1. The normalized spacial score (nSPS) is 18.0. The number of aryl methyl sites for hydroxylation is 2. The van der Waals surface area contributed by atoms with Gasteiger partial charge in [-0.15, -0.1) is 0 Å². The van der Waals surface area contributed by atoms with Gasteiger partial charge in [-0.1, -0.05) is 38.0 Å². The smallest absolute Gasteiger partial charge is 0.241 e. The highest BCUT2D eigenvalue weighted by molar-refractivity contribution is 5.96. The average molecular weight is 320 g/mol. The van der Waals surface area contributed by atoms with Gasteiger partial charge in [0.2, 0.25) is 5.91 Å². The standard InChI is InChI=1S/C18H28N2O.CH4O/c1-4-5-12-20-13-7-6-11-16(20)18(21)19-17-14(2)9-8-10-15(17)3;1-2/h8-10,16H,4-7,11-13H2,1-3H3,(H,19,21);2H,1H3/t16-;/m0./s1. The first-order chi connectivity index (χ1) is 11.1. The quantitative estimate of drug-likeness (QED) is 0.873. The van der Waals surface area contributed by atoms with Crippen LogP contribution in [0.3, 0.4) is 0 Å². The summed E-state index contributed by atoms with van der Waals surface area (Å²) in [5.41, 5.74) is 3.27. The van der Waals surface area contributed by atoms with Gasteiger partial charge in [0.05, 0.1) is 6.04 Å². The number of aliphatic hydroxyl groups is 1. The number of amides is 1. The van der Waals surface area contributed by atoms with Crippen molar-refractivity contribution in [1.82, 2.24) is 4.90 Å². The fraction of sp³-hybridized carbons (Fsp3) is 0.632. The summed E-state index contributed by atoms with van der Waals surface area (Å²) in [7, 11) is 1.00. The Morgan fingerprint density at radius 3 is 2.52 bits per heavy atom. The first-order valence-electron chi connectivity index (χ1n) is 8.69. The lowest BCUT2D eigenvalue weighted by molar-refractivity contribution is -0.122. The molecule has 1 aliphatic rings. The number of benzene rings is 1. The van der Waals surface area contributed by atoms with E-state index in [0.29, 0.717) is 0 Å². The number of carbonyl (C=O) groups excluding carboxylic acids is 1. The van der Waals surface area contributed by atoms with E-state index in [1.807, 2.05) is 6.07 Å². The highest BCUT2D eigenvalue weighted by Gasteiger charge is 2.28. The van der Waals surface area contributed by atoms with Gasteiger partial charge >= 0.3 is 0 Å². The second-order valence-corrected chi connectivity index (χ2v) is 6.16. The SMILES string of the molecule is CCCCN1CCCC[C@H]1C(=O)Nc1c(C)cccc1C.CO. The third-order valence-corrected chi connectivity index (χ3v) is 4.44. The maximum Gasteiger partial charge on any atom is 0.241 e. The fourth-order valence-corrected chi connectivity index (χ4v) is 3.13. The molecule has 1 fully saturated rings. The van der Waals surface area contributed by atoms with Crippen molar-refractivity contribution in [2.24, 2.45) is 0 Å². The molecule has 0 radical (unpaired) electrons. The zero-order valence-electron chi connectivity index (χ0n) is 15.1. The van der Waals surface area contributed by atoms with Crippen LogP contribution in [0.5, 0.6) is 0 Å². The largest absolute Gasteiger partial charge is 0.400 e. The van der Waals surface area contributed by atoms with Crippen LogP contribution in [-0.2, 0) is 4.79 Å². The molecule has 1 atom stereocenters. The summed E-state index contributed by atoms with van der Waals surface area (Å²) in [6.45, 7) is 8.42.